The van der Waals surface area contributed by atoms with E-state index in [-0.39, 0.29) is 6.03 Å². The maximum Gasteiger partial charge on any atom is 0.327 e. The Balaban J connectivity index is 1.41. The summed E-state index contributed by atoms with van der Waals surface area (Å²) in [6, 6.07) is 16.3. The van der Waals surface area contributed by atoms with Gasteiger partial charge < -0.3 is 15.1 Å². The fourth-order valence-corrected chi connectivity index (χ4v) is 3.71. The third-order valence-corrected chi connectivity index (χ3v) is 5.38. The van der Waals surface area contributed by atoms with Gasteiger partial charge in [-0.3, -0.25) is 4.57 Å². The molecule has 0 atom stereocenters. The highest BCUT2D eigenvalue weighted by atomic mass is 16.2. The molecule has 2 aromatic carbocycles. The molecule has 0 saturated carbocycles. The summed E-state index contributed by atoms with van der Waals surface area (Å²) < 4.78 is 1.62. The molecule has 1 aliphatic rings. The highest BCUT2D eigenvalue weighted by Gasteiger charge is 2.19. The van der Waals surface area contributed by atoms with Crippen LogP contribution in [-0.2, 0) is 6.42 Å². The molecule has 1 amide bonds. The molecular weight excluding hydrogens is 350 g/mol. The van der Waals surface area contributed by atoms with Crippen LogP contribution < -0.4 is 10.2 Å². The van der Waals surface area contributed by atoms with E-state index in [1.54, 1.807) is 10.9 Å². The van der Waals surface area contributed by atoms with Crippen molar-refractivity contribution in [3.8, 4) is 0 Å². The average Bonchev–Trinajstić information content (AvgIpc) is 3.17. The van der Waals surface area contributed by atoms with Crippen molar-refractivity contribution in [1.82, 2.24) is 19.8 Å². The Hall–Kier alpha value is -2.86. The van der Waals surface area contributed by atoms with Crippen molar-refractivity contribution in [1.29, 1.82) is 0 Å². The molecule has 1 aliphatic heterocycles. The molecule has 2 heterocycles. The van der Waals surface area contributed by atoms with Crippen LogP contribution in [0.3, 0.4) is 0 Å². The van der Waals surface area contributed by atoms with Crippen LogP contribution in [0, 0.1) is 0 Å². The van der Waals surface area contributed by atoms with Crippen molar-refractivity contribution in [2.75, 3.05) is 44.7 Å². The summed E-state index contributed by atoms with van der Waals surface area (Å²) in [7, 11) is 2.15. The van der Waals surface area contributed by atoms with Gasteiger partial charge in [0.05, 0.1) is 11.2 Å². The molecule has 146 valence electrons. The highest BCUT2D eigenvalue weighted by molar-refractivity contribution is 5.95. The van der Waals surface area contributed by atoms with E-state index < -0.39 is 0 Å². The number of nitrogens with zero attached hydrogens (tertiary/aromatic N) is 4. The van der Waals surface area contributed by atoms with Gasteiger partial charge in [0, 0.05) is 32.7 Å². The molecule has 1 saturated heterocycles. The molecule has 28 heavy (non-hydrogen) atoms. The molecule has 1 aromatic heterocycles. The maximum atomic E-state index is 12.7. The van der Waals surface area contributed by atoms with Crippen molar-refractivity contribution in [3.05, 3.63) is 60.4 Å². The van der Waals surface area contributed by atoms with Crippen molar-refractivity contribution in [2.24, 2.45) is 0 Å². The smallest absolute Gasteiger partial charge is 0.327 e. The van der Waals surface area contributed by atoms with E-state index >= 15 is 0 Å². The lowest BCUT2D eigenvalue weighted by Gasteiger charge is -2.34. The number of carbonyl (C=O) groups is 1. The molecule has 0 bridgehead atoms. The number of anilines is 1. The first kappa shape index (κ1) is 18.5. The third-order valence-electron chi connectivity index (χ3n) is 5.38. The summed E-state index contributed by atoms with van der Waals surface area (Å²) in [4.78, 5) is 21.9. The maximum absolute atomic E-state index is 12.7. The van der Waals surface area contributed by atoms with Crippen LogP contribution in [0.4, 0.5) is 10.5 Å². The Morgan fingerprint density at radius 2 is 1.82 bits per heavy atom. The predicted molar refractivity (Wildman–Crippen MR) is 113 cm³/mol. The zero-order chi connectivity index (χ0) is 19.3. The van der Waals surface area contributed by atoms with Gasteiger partial charge >= 0.3 is 6.03 Å². The lowest BCUT2D eigenvalue weighted by Crippen LogP contribution is -2.44. The van der Waals surface area contributed by atoms with Gasteiger partial charge in [-0.05, 0) is 37.6 Å². The first-order chi connectivity index (χ1) is 13.7. The number of aryl methyl sites for hydroxylation is 1. The molecule has 6 heteroatoms. The summed E-state index contributed by atoms with van der Waals surface area (Å²) in [5.41, 5.74) is 4.16. The second-order valence-corrected chi connectivity index (χ2v) is 7.37. The molecule has 0 radical (unpaired) electrons. The fraction of sp³-hybridized carbons (Fsp3) is 0.364. The molecule has 1 fully saturated rings. The molecule has 0 aliphatic carbocycles. The topological polar surface area (TPSA) is 53.4 Å². The minimum Gasteiger partial charge on any atom is -0.367 e. The number of hydrogen-bond donors (Lipinski definition) is 1. The SMILES string of the molecule is CN1CCN(c2cccc3c2ncn3C(=O)NCCCc2ccccc2)CC1. The summed E-state index contributed by atoms with van der Waals surface area (Å²) in [6.45, 7) is 4.69. The molecular formula is C22H27N5O. The number of carbonyl (C=O) groups excluding carboxylic acids is 1. The molecule has 4 rings (SSSR count). The molecule has 6 nitrogen and oxygen atoms in total. The number of fused-ring (bicyclic) bond motifs is 1. The van der Waals surface area contributed by atoms with E-state index in [0.29, 0.717) is 6.54 Å². The largest absolute Gasteiger partial charge is 0.367 e. The Morgan fingerprint density at radius 1 is 1.04 bits per heavy atom. The average molecular weight is 377 g/mol. The van der Waals surface area contributed by atoms with Crippen molar-refractivity contribution in [3.63, 3.8) is 0 Å². The normalized spacial score (nSPS) is 15.1. The van der Waals surface area contributed by atoms with Gasteiger partial charge in [-0.1, -0.05) is 36.4 Å². The minimum atomic E-state index is -0.119. The van der Waals surface area contributed by atoms with Gasteiger partial charge in [0.1, 0.15) is 11.8 Å². The third kappa shape index (κ3) is 4.02. The number of hydrogen-bond acceptors (Lipinski definition) is 4. The number of aromatic nitrogens is 2. The second-order valence-electron chi connectivity index (χ2n) is 7.37. The van der Waals surface area contributed by atoms with Crippen LogP contribution in [0.25, 0.3) is 11.0 Å². The number of likely N-dealkylation sites (N-methyl/N-ethyl adjacent to an activating group) is 1. The van der Waals surface area contributed by atoms with Gasteiger partial charge in [0.15, 0.2) is 0 Å². The number of imidazole rings is 1. The molecule has 0 spiro atoms. The van der Waals surface area contributed by atoms with Crippen LogP contribution in [-0.4, -0.2) is 60.3 Å². The Labute approximate surface area is 165 Å². The Bertz CT molecular complexity index is 929. The summed E-state index contributed by atoms with van der Waals surface area (Å²) in [6.07, 6.45) is 3.51. The second kappa shape index (κ2) is 8.44. The minimum absolute atomic E-state index is 0.119. The monoisotopic (exact) mass is 377 g/mol. The van der Waals surface area contributed by atoms with Crippen LogP contribution in [0.5, 0.6) is 0 Å². The van der Waals surface area contributed by atoms with Gasteiger partial charge in [-0.25, -0.2) is 9.78 Å². The van der Waals surface area contributed by atoms with E-state index in [0.717, 1.165) is 55.7 Å². The van der Waals surface area contributed by atoms with E-state index in [1.807, 2.05) is 30.3 Å². The summed E-state index contributed by atoms with van der Waals surface area (Å²) >= 11 is 0. The highest BCUT2D eigenvalue weighted by Crippen LogP contribution is 2.26. The predicted octanol–water partition coefficient (Wildman–Crippen LogP) is 2.98. The zero-order valence-electron chi connectivity index (χ0n) is 16.3. The summed E-state index contributed by atoms with van der Waals surface area (Å²) in [5.74, 6) is 0. The van der Waals surface area contributed by atoms with Gasteiger partial charge in [-0.2, -0.15) is 0 Å². The number of nitrogens with one attached hydrogen (secondary N) is 1. The van der Waals surface area contributed by atoms with Gasteiger partial charge in [0.25, 0.3) is 0 Å². The molecule has 0 unspecified atom stereocenters. The number of rotatable bonds is 5. The standard InChI is InChI=1S/C22H27N5O/c1-25-13-15-26(16-14-25)19-10-5-11-20-21(19)24-17-27(20)22(28)23-12-6-9-18-7-3-2-4-8-18/h2-5,7-8,10-11,17H,6,9,12-16H2,1H3,(H,23,28). The summed E-state index contributed by atoms with van der Waals surface area (Å²) in [5, 5.41) is 3.02. The van der Waals surface area contributed by atoms with Crippen LogP contribution in [0.15, 0.2) is 54.9 Å². The zero-order valence-corrected chi connectivity index (χ0v) is 16.3. The lowest BCUT2D eigenvalue weighted by molar-refractivity contribution is 0.243. The first-order valence-corrected chi connectivity index (χ1v) is 9.94. The van der Waals surface area contributed by atoms with E-state index in [2.05, 4.69) is 45.3 Å². The van der Waals surface area contributed by atoms with Crippen molar-refractivity contribution < 1.29 is 4.79 Å². The van der Waals surface area contributed by atoms with Crippen molar-refractivity contribution >= 4 is 22.8 Å². The number of piperazine rings is 1. The van der Waals surface area contributed by atoms with Crippen LogP contribution in [0.1, 0.15) is 12.0 Å². The Morgan fingerprint density at radius 3 is 2.61 bits per heavy atom. The first-order valence-electron chi connectivity index (χ1n) is 9.94. The van der Waals surface area contributed by atoms with Crippen LogP contribution >= 0.6 is 0 Å². The molecule has 3 aromatic rings. The fourth-order valence-electron chi connectivity index (χ4n) is 3.71. The van der Waals surface area contributed by atoms with Crippen molar-refractivity contribution in [2.45, 2.75) is 12.8 Å². The number of benzene rings is 2. The number of para-hydroxylation sites is 1. The molecule has 1 N–H and O–H groups in total. The van der Waals surface area contributed by atoms with E-state index in [4.69, 9.17) is 0 Å². The Kier molecular flexibility index (Phi) is 5.58. The van der Waals surface area contributed by atoms with E-state index in [1.165, 1.54) is 5.56 Å². The quantitative estimate of drug-likeness (QED) is 0.695. The van der Waals surface area contributed by atoms with Crippen LogP contribution in [0.2, 0.25) is 0 Å². The van der Waals surface area contributed by atoms with Gasteiger partial charge in [-0.15, -0.1) is 0 Å². The van der Waals surface area contributed by atoms with Gasteiger partial charge in [0.2, 0.25) is 0 Å². The van der Waals surface area contributed by atoms with E-state index in [9.17, 15) is 4.79 Å². The lowest BCUT2D eigenvalue weighted by atomic mass is 10.1. The number of amides is 1.